The Labute approximate surface area is 209 Å². The minimum Gasteiger partial charge on any atom is -0.478 e. The van der Waals surface area contributed by atoms with E-state index < -0.39 is 35.4 Å². The zero-order valence-electron chi connectivity index (χ0n) is 17.8. The highest BCUT2D eigenvalue weighted by atomic mass is 127. The third-order valence-corrected chi connectivity index (χ3v) is 5.96. The molecule has 2 N–H and O–H groups in total. The topological polar surface area (TPSA) is 66.4 Å². The molecule has 11 heteroatoms. The highest BCUT2D eigenvalue weighted by Crippen LogP contribution is 2.37. The number of hydrogen-bond donors (Lipinski definition) is 2. The standard InChI is InChI=1S/C24H16F6INO3/c1-12-7-13(8-14-9-15(23(25,26)27)11-16(10-14)24(28,29)30)5-6-19(12)32-21(33)20-17(22(34)35)3-2-4-18(20)31/h2-7,9-11H,8H2,1H3,(H,32,33)(H,34,35). The number of rotatable bonds is 5. The zero-order valence-corrected chi connectivity index (χ0v) is 20.0. The largest absolute Gasteiger partial charge is 0.478 e. The van der Waals surface area contributed by atoms with E-state index in [1.54, 1.807) is 13.0 Å². The van der Waals surface area contributed by atoms with Gasteiger partial charge < -0.3 is 10.4 Å². The molecule has 0 radical (unpaired) electrons. The van der Waals surface area contributed by atoms with E-state index in [1.165, 1.54) is 30.3 Å². The predicted octanol–water partition coefficient (Wildman–Crippen LogP) is 7.18. The Morgan fingerprint density at radius 1 is 0.886 bits per heavy atom. The smallest absolute Gasteiger partial charge is 0.416 e. The van der Waals surface area contributed by atoms with E-state index in [1.807, 2.05) is 22.6 Å². The molecule has 3 aromatic rings. The van der Waals surface area contributed by atoms with Crippen molar-refractivity contribution < 1.29 is 41.0 Å². The van der Waals surface area contributed by atoms with Gasteiger partial charge in [0.2, 0.25) is 0 Å². The lowest BCUT2D eigenvalue weighted by atomic mass is 9.98. The molecule has 0 bridgehead atoms. The SMILES string of the molecule is Cc1cc(Cc2cc(C(F)(F)F)cc(C(F)(F)F)c2)ccc1NC(=O)c1c(I)cccc1C(=O)O. The molecule has 0 atom stereocenters. The molecular formula is C24H16F6INO3. The number of aryl methyl sites for hydroxylation is 1. The lowest BCUT2D eigenvalue weighted by Gasteiger charge is -2.15. The Balaban J connectivity index is 1.89. The van der Waals surface area contributed by atoms with Crippen LogP contribution in [0.25, 0.3) is 0 Å². The lowest BCUT2D eigenvalue weighted by molar-refractivity contribution is -0.143. The second-order valence-corrected chi connectivity index (χ2v) is 8.82. The van der Waals surface area contributed by atoms with Crippen LogP contribution in [0.3, 0.4) is 0 Å². The van der Waals surface area contributed by atoms with Gasteiger partial charge in [-0.15, -0.1) is 0 Å². The fraction of sp³-hybridized carbons (Fsp3) is 0.167. The van der Waals surface area contributed by atoms with Crippen molar-refractivity contribution in [2.24, 2.45) is 0 Å². The Hall–Kier alpha value is -3.09. The van der Waals surface area contributed by atoms with E-state index in [9.17, 15) is 41.0 Å². The number of carboxylic acid groups (broad SMARTS) is 1. The van der Waals surface area contributed by atoms with Gasteiger partial charge in [0.15, 0.2) is 0 Å². The van der Waals surface area contributed by atoms with Gasteiger partial charge in [-0.1, -0.05) is 18.2 Å². The van der Waals surface area contributed by atoms with E-state index in [-0.39, 0.29) is 29.2 Å². The molecule has 0 saturated carbocycles. The van der Waals surface area contributed by atoms with E-state index >= 15 is 0 Å². The number of halogens is 7. The summed E-state index contributed by atoms with van der Waals surface area (Å²) in [7, 11) is 0. The van der Waals surface area contributed by atoms with Crippen LogP contribution in [0.4, 0.5) is 32.0 Å². The number of carboxylic acids is 1. The number of amides is 1. The van der Waals surface area contributed by atoms with Crippen molar-refractivity contribution in [2.45, 2.75) is 25.7 Å². The van der Waals surface area contributed by atoms with Gasteiger partial charge >= 0.3 is 18.3 Å². The minimum atomic E-state index is -4.94. The first-order valence-corrected chi connectivity index (χ1v) is 11.0. The van der Waals surface area contributed by atoms with Crippen LogP contribution in [0.15, 0.2) is 54.6 Å². The molecule has 3 aromatic carbocycles. The van der Waals surface area contributed by atoms with Crippen LogP contribution >= 0.6 is 22.6 Å². The van der Waals surface area contributed by atoms with Crippen molar-refractivity contribution in [3.05, 3.63) is 97.1 Å². The van der Waals surface area contributed by atoms with Gasteiger partial charge in [0.25, 0.3) is 5.91 Å². The van der Waals surface area contributed by atoms with Gasteiger partial charge in [0.05, 0.1) is 22.3 Å². The van der Waals surface area contributed by atoms with Crippen LogP contribution in [-0.2, 0) is 18.8 Å². The summed E-state index contributed by atoms with van der Waals surface area (Å²) in [6.07, 6.45) is -10.1. The fourth-order valence-corrected chi connectivity index (χ4v) is 4.19. The van der Waals surface area contributed by atoms with E-state index in [2.05, 4.69) is 5.32 Å². The summed E-state index contributed by atoms with van der Waals surface area (Å²) in [5.41, 5.74) is -1.95. The minimum absolute atomic E-state index is 0.0345. The number of aromatic carboxylic acids is 1. The number of carbonyl (C=O) groups is 2. The molecule has 184 valence electrons. The van der Waals surface area contributed by atoms with Crippen molar-refractivity contribution in [1.29, 1.82) is 0 Å². The summed E-state index contributed by atoms with van der Waals surface area (Å²) in [5.74, 6) is -1.95. The van der Waals surface area contributed by atoms with Crippen LogP contribution in [0.1, 0.15) is 48.5 Å². The molecule has 3 rings (SSSR count). The summed E-state index contributed by atoms with van der Waals surface area (Å²) in [5, 5.41) is 12.0. The molecule has 4 nitrogen and oxygen atoms in total. The molecule has 0 spiro atoms. The molecule has 0 heterocycles. The highest BCUT2D eigenvalue weighted by molar-refractivity contribution is 14.1. The number of hydrogen-bond acceptors (Lipinski definition) is 2. The molecule has 0 fully saturated rings. The maximum absolute atomic E-state index is 13.1. The van der Waals surface area contributed by atoms with Crippen molar-refractivity contribution in [1.82, 2.24) is 0 Å². The first-order chi connectivity index (χ1) is 16.2. The molecule has 0 aromatic heterocycles. The molecule has 0 unspecified atom stereocenters. The number of nitrogens with one attached hydrogen (secondary N) is 1. The Bertz CT molecular complexity index is 1270. The monoisotopic (exact) mass is 607 g/mol. The third-order valence-electron chi connectivity index (χ3n) is 5.07. The Kier molecular flexibility index (Phi) is 7.48. The number of anilines is 1. The van der Waals surface area contributed by atoms with E-state index in [0.29, 0.717) is 32.5 Å². The normalized spacial score (nSPS) is 11.9. The molecule has 0 aliphatic heterocycles. The van der Waals surface area contributed by atoms with Gasteiger partial charge in [0, 0.05) is 9.26 Å². The van der Waals surface area contributed by atoms with Crippen LogP contribution < -0.4 is 5.32 Å². The van der Waals surface area contributed by atoms with Gasteiger partial charge in [-0.05, 0) is 89.0 Å². The lowest BCUT2D eigenvalue weighted by Crippen LogP contribution is -2.18. The maximum Gasteiger partial charge on any atom is 0.416 e. The molecule has 0 aliphatic carbocycles. The third kappa shape index (κ3) is 6.32. The van der Waals surface area contributed by atoms with Crippen LogP contribution in [-0.4, -0.2) is 17.0 Å². The maximum atomic E-state index is 13.1. The predicted molar refractivity (Wildman–Crippen MR) is 125 cm³/mol. The van der Waals surface area contributed by atoms with Gasteiger partial charge in [-0.25, -0.2) is 4.79 Å². The summed E-state index contributed by atoms with van der Waals surface area (Å²) >= 11 is 1.84. The Morgan fingerprint density at radius 2 is 1.49 bits per heavy atom. The molecular weight excluding hydrogens is 591 g/mol. The first-order valence-electron chi connectivity index (χ1n) is 9.88. The van der Waals surface area contributed by atoms with Gasteiger partial charge in [-0.3, -0.25) is 4.79 Å². The van der Waals surface area contributed by atoms with E-state index in [4.69, 9.17) is 0 Å². The van der Waals surface area contributed by atoms with Crippen molar-refractivity contribution in [2.75, 3.05) is 5.32 Å². The quantitative estimate of drug-likeness (QED) is 0.239. The second kappa shape index (κ2) is 9.88. The highest BCUT2D eigenvalue weighted by Gasteiger charge is 2.36. The number of carbonyl (C=O) groups excluding carboxylic acids is 1. The number of alkyl halides is 6. The number of benzene rings is 3. The molecule has 0 saturated heterocycles. The summed E-state index contributed by atoms with van der Waals surface area (Å²) in [4.78, 5) is 24.2. The second-order valence-electron chi connectivity index (χ2n) is 7.66. The van der Waals surface area contributed by atoms with Crippen LogP contribution in [0.2, 0.25) is 0 Å². The summed E-state index contributed by atoms with van der Waals surface area (Å²) in [6, 6.07) is 10.2. The van der Waals surface area contributed by atoms with Crippen LogP contribution in [0.5, 0.6) is 0 Å². The van der Waals surface area contributed by atoms with Crippen molar-refractivity contribution in [3.63, 3.8) is 0 Å². The van der Waals surface area contributed by atoms with Gasteiger partial charge in [0.1, 0.15) is 0 Å². The first kappa shape index (κ1) is 26.5. The molecule has 1 amide bonds. The molecule has 0 aliphatic rings. The average molecular weight is 607 g/mol. The van der Waals surface area contributed by atoms with Gasteiger partial charge in [-0.2, -0.15) is 26.3 Å². The van der Waals surface area contributed by atoms with Crippen molar-refractivity contribution >= 4 is 40.2 Å². The summed E-state index contributed by atoms with van der Waals surface area (Å²) in [6.45, 7) is 1.60. The summed E-state index contributed by atoms with van der Waals surface area (Å²) < 4.78 is 79.1. The van der Waals surface area contributed by atoms with Crippen molar-refractivity contribution in [3.8, 4) is 0 Å². The van der Waals surface area contributed by atoms with E-state index in [0.717, 1.165) is 0 Å². The average Bonchev–Trinajstić information content (AvgIpc) is 2.73. The molecule has 35 heavy (non-hydrogen) atoms. The fourth-order valence-electron chi connectivity index (χ4n) is 3.45. The zero-order chi connectivity index (χ0) is 26.1. The Morgan fingerprint density at radius 3 is 2.00 bits per heavy atom. The van der Waals surface area contributed by atoms with Crippen LogP contribution in [0, 0.1) is 10.5 Å².